The summed E-state index contributed by atoms with van der Waals surface area (Å²) in [7, 11) is 0. The standard InChI is InChI=1S/C19H21FN4O3/c1-2-8-21-17(25)6-5-16-18(26)24(19(27)23-16)9-7-12-11-22-15-4-3-13(20)10-14(12)15/h2-4,10-11,16,22H,1,5-9H2,(H,21,25)(H,23,27)/t16-/m0/s1. The molecule has 0 saturated carbocycles. The molecule has 1 aliphatic heterocycles. The lowest BCUT2D eigenvalue weighted by Gasteiger charge is -2.12. The number of aromatic amines is 1. The first-order valence-electron chi connectivity index (χ1n) is 8.74. The minimum atomic E-state index is -0.701. The van der Waals surface area contributed by atoms with Gasteiger partial charge in [0.1, 0.15) is 11.9 Å². The van der Waals surface area contributed by atoms with Gasteiger partial charge in [0, 0.05) is 36.6 Å². The number of carbonyl (C=O) groups is 3. The van der Waals surface area contributed by atoms with Crippen LogP contribution in [0.15, 0.2) is 37.1 Å². The first-order valence-corrected chi connectivity index (χ1v) is 8.74. The fourth-order valence-electron chi connectivity index (χ4n) is 3.12. The molecule has 1 aromatic heterocycles. The Morgan fingerprint density at radius 2 is 2.19 bits per heavy atom. The Morgan fingerprint density at radius 3 is 2.96 bits per heavy atom. The predicted octanol–water partition coefficient (Wildman–Crippen LogP) is 1.85. The third-order valence-electron chi connectivity index (χ3n) is 4.54. The van der Waals surface area contributed by atoms with Crippen molar-refractivity contribution in [1.29, 1.82) is 0 Å². The highest BCUT2D eigenvalue weighted by molar-refractivity contribution is 6.04. The number of imide groups is 1. The van der Waals surface area contributed by atoms with Crippen LogP contribution in [0.3, 0.4) is 0 Å². The number of benzene rings is 1. The minimum absolute atomic E-state index is 0.139. The van der Waals surface area contributed by atoms with Crippen molar-refractivity contribution in [3.05, 3.63) is 48.4 Å². The zero-order chi connectivity index (χ0) is 19.4. The van der Waals surface area contributed by atoms with E-state index >= 15 is 0 Å². The van der Waals surface area contributed by atoms with E-state index in [1.54, 1.807) is 18.3 Å². The molecule has 1 aliphatic rings. The summed E-state index contributed by atoms with van der Waals surface area (Å²) in [4.78, 5) is 40.4. The van der Waals surface area contributed by atoms with E-state index in [0.29, 0.717) is 13.0 Å². The summed E-state index contributed by atoms with van der Waals surface area (Å²) in [6.45, 7) is 4.06. The zero-order valence-corrected chi connectivity index (χ0v) is 14.8. The van der Waals surface area contributed by atoms with Gasteiger partial charge in [-0.05, 0) is 36.6 Å². The number of carbonyl (C=O) groups excluding carboxylic acids is 3. The van der Waals surface area contributed by atoms with E-state index in [0.717, 1.165) is 21.4 Å². The van der Waals surface area contributed by atoms with E-state index in [1.807, 2.05) is 0 Å². The summed E-state index contributed by atoms with van der Waals surface area (Å²) in [5.41, 5.74) is 1.63. The molecule has 1 saturated heterocycles. The molecule has 0 bridgehead atoms. The highest BCUT2D eigenvalue weighted by Crippen LogP contribution is 2.21. The number of aromatic nitrogens is 1. The molecule has 0 radical (unpaired) electrons. The number of urea groups is 1. The second kappa shape index (κ2) is 8.03. The molecule has 2 aromatic rings. The molecular weight excluding hydrogens is 351 g/mol. The molecule has 27 heavy (non-hydrogen) atoms. The molecule has 8 heteroatoms. The number of hydrogen-bond acceptors (Lipinski definition) is 3. The Kier molecular flexibility index (Phi) is 5.54. The SMILES string of the molecule is C=CCNC(=O)CC[C@@H]1NC(=O)N(CCc2c[nH]c3ccc(F)cc23)C1=O. The topological polar surface area (TPSA) is 94.3 Å². The second-order valence-electron chi connectivity index (χ2n) is 6.38. The molecule has 142 valence electrons. The molecule has 2 heterocycles. The fourth-order valence-corrected chi connectivity index (χ4v) is 3.12. The number of nitrogens with zero attached hydrogens (tertiary/aromatic N) is 1. The van der Waals surface area contributed by atoms with Crippen LogP contribution in [0.5, 0.6) is 0 Å². The van der Waals surface area contributed by atoms with Crippen molar-refractivity contribution in [3.8, 4) is 0 Å². The van der Waals surface area contributed by atoms with Crippen molar-refractivity contribution in [2.24, 2.45) is 0 Å². The van der Waals surface area contributed by atoms with Gasteiger partial charge in [-0.15, -0.1) is 6.58 Å². The average molecular weight is 372 g/mol. The summed E-state index contributed by atoms with van der Waals surface area (Å²) >= 11 is 0. The number of H-pyrrole nitrogens is 1. The number of nitrogens with one attached hydrogen (secondary N) is 3. The average Bonchev–Trinajstić information content (AvgIpc) is 3.16. The highest BCUT2D eigenvalue weighted by Gasteiger charge is 2.37. The monoisotopic (exact) mass is 372 g/mol. The lowest BCUT2D eigenvalue weighted by Crippen LogP contribution is -2.34. The van der Waals surface area contributed by atoms with E-state index < -0.39 is 12.1 Å². The van der Waals surface area contributed by atoms with Crippen LogP contribution in [-0.4, -0.2) is 46.9 Å². The Morgan fingerprint density at radius 1 is 1.37 bits per heavy atom. The number of hydrogen-bond donors (Lipinski definition) is 3. The van der Waals surface area contributed by atoms with Gasteiger partial charge in [-0.2, -0.15) is 0 Å². The third-order valence-corrected chi connectivity index (χ3v) is 4.54. The minimum Gasteiger partial charge on any atom is -0.361 e. The van der Waals surface area contributed by atoms with Gasteiger partial charge in [0.05, 0.1) is 0 Å². The van der Waals surface area contributed by atoms with Crippen LogP contribution in [0.25, 0.3) is 10.9 Å². The van der Waals surface area contributed by atoms with Crippen LogP contribution < -0.4 is 10.6 Å². The Hall–Kier alpha value is -3.16. The van der Waals surface area contributed by atoms with Crippen molar-refractivity contribution < 1.29 is 18.8 Å². The molecule has 4 amide bonds. The molecule has 0 aliphatic carbocycles. The number of rotatable bonds is 8. The number of amides is 4. The van der Waals surface area contributed by atoms with Crippen LogP contribution in [0, 0.1) is 5.82 Å². The van der Waals surface area contributed by atoms with E-state index in [9.17, 15) is 18.8 Å². The first kappa shape index (κ1) is 18.6. The molecule has 7 nitrogen and oxygen atoms in total. The summed E-state index contributed by atoms with van der Waals surface area (Å²) in [5, 5.41) is 5.97. The largest absolute Gasteiger partial charge is 0.361 e. The van der Waals surface area contributed by atoms with Gasteiger partial charge in [0.15, 0.2) is 0 Å². The van der Waals surface area contributed by atoms with E-state index in [-0.39, 0.29) is 37.0 Å². The van der Waals surface area contributed by atoms with Crippen LogP contribution in [0.2, 0.25) is 0 Å². The third kappa shape index (κ3) is 4.16. The van der Waals surface area contributed by atoms with Gasteiger partial charge in [-0.3, -0.25) is 14.5 Å². The van der Waals surface area contributed by atoms with Crippen molar-refractivity contribution in [2.45, 2.75) is 25.3 Å². The smallest absolute Gasteiger partial charge is 0.324 e. The van der Waals surface area contributed by atoms with E-state index in [2.05, 4.69) is 22.2 Å². The Balaban J connectivity index is 1.58. The fraction of sp³-hybridized carbons (Fsp3) is 0.316. The van der Waals surface area contributed by atoms with Gasteiger partial charge >= 0.3 is 6.03 Å². The molecule has 3 rings (SSSR count). The second-order valence-corrected chi connectivity index (χ2v) is 6.38. The van der Waals surface area contributed by atoms with E-state index in [1.165, 1.54) is 12.1 Å². The quantitative estimate of drug-likeness (QED) is 0.488. The summed E-state index contributed by atoms with van der Waals surface area (Å²) in [6.07, 6.45) is 4.11. The van der Waals surface area contributed by atoms with Gasteiger partial charge in [-0.1, -0.05) is 6.08 Å². The number of halogens is 1. The molecule has 1 aromatic carbocycles. The lowest BCUT2D eigenvalue weighted by atomic mass is 10.1. The summed E-state index contributed by atoms with van der Waals surface area (Å²) in [6, 6.07) is 3.28. The van der Waals surface area contributed by atoms with Gasteiger partial charge < -0.3 is 15.6 Å². The molecule has 3 N–H and O–H groups in total. The zero-order valence-electron chi connectivity index (χ0n) is 14.8. The summed E-state index contributed by atoms with van der Waals surface area (Å²) in [5.74, 6) is -0.883. The van der Waals surface area contributed by atoms with Crippen molar-refractivity contribution >= 4 is 28.7 Å². The maximum Gasteiger partial charge on any atom is 0.324 e. The Bertz CT molecular complexity index is 892. The number of fused-ring (bicyclic) bond motifs is 1. The highest BCUT2D eigenvalue weighted by atomic mass is 19.1. The van der Waals surface area contributed by atoms with Crippen LogP contribution in [-0.2, 0) is 16.0 Å². The normalized spacial score (nSPS) is 16.6. The van der Waals surface area contributed by atoms with Gasteiger partial charge in [0.25, 0.3) is 5.91 Å². The predicted molar refractivity (Wildman–Crippen MR) is 98.4 cm³/mol. The van der Waals surface area contributed by atoms with Gasteiger partial charge in [0.2, 0.25) is 5.91 Å². The lowest BCUT2D eigenvalue weighted by molar-refractivity contribution is -0.127. The molecule has 0 spiro atoms. The first-order chi connectivity index (χ1) is 13.0. The maximum atomic E-state index is 13.5. The Labute approximate surface area is 155 Å². The van der Waals surface area contributed by atoms with Crippen LogP contribution in [0.4, 0.5) is 9.18 Å². The molecule has 1 fully saturated rings. The van der Waals surface area contributed by atoms with Gasteiger partial charge in [-0.25, -0.2) is 9.18 Å². The summed E-state index contributed by atoms with van der Waals surface area (Å²) < 4.78 is 13.5. The van der Waals surface area contributed by atoms with Crippen molar-refractivity contribution in [2.75, 3.05) is 13.1 Å². The van der Waals surface area contributed by atoms with Crippen molar-refractivity contribution in [3.63, 3.8) is 0 Å². The van der Waals surface area contributed by atoms with Crippen LogP contribution in [0.1, 0.15) is 18.4 Å². The maximum absolute atomic E-state index is 13.5. The van der Waals surface area contributed by atoms with Crippen molar-refractivity contribution in [1.82, 2.24) is 20.5 Å². The molecular formula is C19H21FN4O3. The van der Waals surface area contributed by atoms with Crippen LogP contribution >= 0.6 is 0 Å². The molecule has 0 unspecified atom stereocenters. The molecule has 1 atom stereocenters. The van der Waals surface area contributed by atoms with E-state index in [4.69, 9.17) is 0 Å².